The van der Waals surface area contributed by atoms with Crippen LogP contribution >= 0.6 is 0 Å². The van der Waals surface area contributed by atoms with Gasteiger partial charge in [-0.1, -0.05) is 48.5 Å². The third-order valence-corrected chi connectivity index (χ3v) is 4.31. The number of nitrogens with one attached hydrogen (secondary N) is 2. The predicted molar refractivity (Wildman–Crippen MR) is 116 cm³/mol. The number of rotatable bonds is 8. The van der Waals surface area contributed by atoms with Gasteiger partial charge < -0.3 is 9.47 Å². The van der Waals surface area contributed by atoms with Crippen LogP contribution in [0.25, 0.3) is 0 Å². The van der Waals surface area contributed by atoms with Crippen molar-refractivity contribution in [3.63, 3.8) is 0 Å². The van der Waals surface area contributed by atoms with Crippen molar-refractivity contribution in [3.8, 4) is 5.75 Å². The van der Waals surface area contributed by atoms with Crippen LogP contribution in [0.1, 0.15) is 26.3 Å². The van der Waals surface area contributed by atoms with Crippen LogP contribution in [0.15, 0.2) is 78.9 Å². The molecule has 0 saturated heterocycles. The first-order valence-electron chi connectivity index (χ1n) is 9.70. The Morgan fingerprint density at radius 1 is 0.879 bits per heavy atom. The van der Waals surface area contributed by atoms with E-state index in [9.17, 15) is 24.5 Å². The highest BCUT2D eigenvalue weighted by molar-refractivity contribution is 5.97. The highest BCUT2D eigenvalue weighted by Crippen LogP contribution is 2.20. The molecule has 10 nitrogen and oxygen atoms in total. The second-order valence-electron chi connectivity index (χ2n) is 6.66. The van der Waals surface area contributed by atoms with Gasteiger partial charge in [0.05, 0.1) is 4.92 Å². The highest BCUT2D eigenvalue weighted by atomic mass is 16.6. The van der Waals surface area contributed by atoms with E-state index in [4.69, 9.17) is 9.47 Å². The van der Waals surface area contributed by atoms with Crippen LogP contribution in [0.4, 0.5) is 5.69 Å². The smallest absolute Gasteiger partial charge is 0.342 e. The molecule has 0 spiro atoms. The molecule has 0 bridgehead atoms. The number of carbonyl (C=O) groups excluding carboxylic acids is 3. The van der Waals surface area contributed by atoms with Crippen molar-refractivity contribution in [2.24, 2.45) is 0 Å². The van der Waals surface area contributed by atoms with Crippen LogP contribution in [0.3, 0.4) is 0 Å². The second kappa shape index (κ2) is 11.0. The Morgan fingerprint density at radius 2 is 1.61 bits per heavy atom. The Bertz CT molecular complexity index is 1170. The maximum atomic E-state index is 12.4. The summed E-state index contributed by atoms with van der Waals surface area (Å²) in [4.78, 5) is 46.5. The average molecular weight is 449 g/mol. The van der Waals surface area contributed by atoms with E-state index in [1.54, 1.807) is 18.2 Å². The SMILES string of the molecule is O=C(COC(=O)c1ccccc1OCc1ccccc1)NNC(=O)c1cccc([N+](=O)[O-])c1. The zero-order chi connectivity index (χ0) is 23.6. The Hall–Kier alpha value is -4.73. The number of nitro benzene ring substituents is 1. The van der Waals surface area contributed by atoms with Crippen molar-refractivity contribution >= 4 is 23.5 Å². The Balaban J connectivity index is 1.50. The molecule has 168 valence electrons. The minimum atomic E-state index is -0.801. The van der Waals surface area contributed by atoms with Gasteiger partial charge in [0.25, 0.3) is 17.5 Å². The molecule has 3 aromatic rings. The van der Waals surface area contributed by atoms with Crippen LogP contribution < -0.4 is 15.6 Å². The summed E-state index contributed by atoms with van der Waals surface area (Å²) < 4.78 is 10.7. The summed E-state index contributed by atoms with van der Waals surface area (Å²) in [7, 11) is 0. The molecule has 0 fully saturated rings. The molecule has 33 heavy (non-hydrogen) atoms. The minimum Gasteiger partial charge on any atom is -0.488 e. The number of hydrogen-bond donors (Lipinski definition) is 2. The number of nitrogens with zero attached hydrogens (tertiary/aromatic N) is 1. The lowest BCUT2D eigenvalue weighted by Crippen LogP contribution is -2.43. The maximum Gasteiger partial charge on any atom is 0.342 e. The number of ether oxygens (including phenoxy) is 2. The van der Waals surface area contributed by atoms with Crippen molar-refractivity contribution in [2.45, 2.75) is 6.61 Å². The summed E-state index contributed by atoms with van der Waals surface area (Å²) in [6.07, 6.45) is 0. The summed E-state index contributed by atoms with van der Waals surface area (Å²) in [5.74, 6) is -2.05. The topological polar surface area (TPSA) is 137 Å². The van der Waals surface area contributed by atoms with Crippen molar-refractivity contribution < 1.29 is 28.8 Å². The number of benzene rings is 3. The van der Waals surface area contributed by atoms with E-state index in [0.29, 0.717) is 5.75 Å². The van der Waals surface area contributed by atoms with Crippen LogP contribution in [-0.4, -0.2) is 29.3 Å². The molecule has 0 atom stereocenters. The van der Waals surface area contributed by atoms with Gasteiger partial charge in [0.2, 0.25) is 0 Å². The fourth-order valence-electron chi connectivity index (χ4n) is 2.70. The molecule has 0 saturated carbocycles. The monoisotopic (exact) mass is 449 g/mol. The third kappa shape index (κ3) is 6.62. The number of nitro groups is 1. The minimum absolute atomic E-state index is 0.0222. The third-order valence-electron chi connectivity index (χ3n) is 4.31. The lowest BCUT2D eigenvalue weighted by atomic mass is 10.2. The first kappa shape index (κ1) is 22.9. The van der Waals surface area contributed by atoms with Crippen LogP contribution in [0.5, 0.6) is 5.75 Å². The van der Waals surface area contributed by atoms with E-state index in [-0.39, 0.29) is 23.4 Å². The van der Waals surface area contributed by atoms with E-state index >= 15 is 0 Å². The zero-order valence-electron chi connectivity index (χ0n) is 17.2. The van der Waals surface area contributed by atoms with Crippen LogP contribution in [0.2, 0.25) is 0 Å². The molecule has 0 aliphatic heterocycles. The quantitative estimate of drug-likeness (QED) is 0.306. The molecule has 0 aliphatic carbocycles. The van der Waals surface area contributed by atoms with E-state index in [0.717, 1.165) is 11.6 Å². The fraction of sp³-hybridized carbons (Fsp3) is 0.0870. The van der Waals surface area contributed by atoms with Gasteiger partial charge in [-0.15, -0.1) is 0 Å². The lowest BCUT2D eigenvalue weighted by Gasteiger charge is -2.12. The number of carbonyl (C=O) groups is 3. The van der Waals surface area contributed by atoms with Gasteiger partial charge in [0, 0.05) is 17.7 Å². The normalized spacial score (nSPS) is 10.1. The Morgan fingerprint density at radius 3 is 2.36 bits per heavy atom. The predicted octanol–water partition coefficient (Wildman–Crippen LogP) is 2.79. The number of esters is 1. The van der Waals surface area contributed by atoms with Gasteiger partial charge in [-0.05, 0) is 23.8 Å². The van der Waals surface area contributed by atoms with Crippen molar-refractivity contribution in [3.05, 3.63) is 106 Å². The largest absolute Gasteiger partial charge is 0.488 e. The molecule has 3 aromatic carbocycles. The van der Waals surface area contributed by atoms with Gasteiger partial charge in [-0.25, -0.2) is 4.79 Å². The maximum absolute atomic E-state index is 12.4. The van der Waals surface area contributed by atoms with Gasteiger partial charge in [0.1, 0.15) is 17.9 Å². The second-order valence-corrected chi connectivity index (χ2v) is 6.66. The molecule has 0 aromatic heterocycles. The molecule has 0 heterocycles. The van der Waals surface area contributed by atoms with Gasteiger partial charge >= 0.3 is 5.97 Å². The first-order chi connectivity index (χ1) is 15.9. The number of para-hydroxylation sites is 1. The summed E-state index contributed by atoms with van der Waals surface area (Å²) in [6, 6.07) is 20.8. The van der Waals surface area contributed by atoms with Crippen molar-refractivity contribution in [1.82, 2.24) is 10.9 Å². The number of hydrogen-bond acceptors (Lipinski definition) is 7. The molecule has 0 radical (unpaired) electrons. The molecule has 3 rings (SSSR count). The van der Waals surface area contributed by atoms with Gasteiger partial charge in [0.15, 0.2) is 6.61 Å². The molecule has 2 N–H and O–H groups in total. The Kier molecular flexibility index (Phi) is 7.68. The number of hydrazine groups is 1. The number of non-ortho nitro benzene ring substituents is 1. The standard InChI is InChI=1S/C23H19N3O7/c27-21(24-25-22(28)17-9-6-10-18(13-17)26(30)31)15-33-23(29)19-11-4-5-12-20(19)32-14-16-7-2-1-3-8-16/h1-13H,14-15H2,(H,24,27)(H,25,28). The first-order valence-corrected chi connectivity index (χ1v) is 9.70. The summed E-state index contributed by atoms with van der Waals surface area (Å²) in [5.41, 5.74) is 4.95. The van der Waals surface area contributed by atoms with E-state index < -0.39 is 29.3 Å². The fourth-order valence-corrected chi connectivity index (χ4v) is 2.70. The van der Waals surface area contributed by atoms with Crippen LogP contribution in [0, 0.1) is 10.1 Å². The van der Waals surface area contributed by atoms with E-state index in [1.165, 1.54) is 24.3 Å². The highest BCUT2D eigenvalue weighted by Gasteiger charge is 2.16. The van der Waals surface area contributed by atoms with E-state index in [1.807, 2.05) is 30.3 Å². The Labute approximate surface area is 188 Å². The van der Waals surface area contributed by atoms with Crippen molar-refractivity contribution in [2.75, 3.05) is 6.61 Å². The molecule has 2 amide bonds. The molecule has 0 aliphatic rings. The molecular formula is C23H19N3O7. The summed E-state index contributed by atoms with van der Waals surface area (Å²) in [6.45, 7) is -0.420. The van der Waals surface area contributed by atoms with Gasteiger partial charge in [-0.2, -0.15) is 0 Å². The average Bonchev–Trinajstić information content (AvgIpc) is 2.85. The van der Waals surface area contributed by atoms with Crippen molar-refractivity contribution in [1.29, 1.82) is 0 Å². The zero-order valence-corrected chi connectivity index (χ0v) is 17.2. The molecule has 0 unspecified atom stereocenters. The van der Waals surface area contributed by atoms with Crippen LogP contribution in [-0.2, 0) is 16.1 Å². The summed E-state index contributed by atoms with van der Waals surface area (Å²) >= 11 is 0. The number of amides is 2. The van der Waals surface area contributed by atoms with E-state index in [2.05, 4.69) is 10.9 Å². The lowest BCUT2D eigenvalue weighted by molar-refractivity contribution is -0.384. The molecular weight excluding hydrogens is 430 g/mol. The molecule has 10 heteroatoms. The summed E-state index contributed by atoms with van der Waals surface area (Å²) in [5, 5.41) is 10.8. The van der Waals surface area contributed by atoms with Gasteiger partial charge in [-0.3, -0.25) is 30.6 Å².